The first kappa shape index (κ1) is 30.3. The van der Waals surface area contributed by atoms with E-state index < -0.39 is 25.6 Å². The topological polar surface area (TPSA) is 109 Å². The van der Waals surface area contributed by atoms with E-state index in [0.29, 0.717) is 30.6 Å². The molecule has 36 heavy (non-hydrogen) atoms. The van der Waals surface area contributed by atoms with Crippen LogP contribution in [0.5, 0.6) is 5.75 Å². The maximum absolute atomic E-state index is 13.7. The highest BCUT2D eigenvalue weighted by Gasteiger charge is 2.34. The minimum absolute atomic E-state index is 0.0218. The van der Waals surface area contributed by atoms with E-state index in [4.69, 9.17) is 23.0 Å². The van der Waals surface area contributed by atoms with E-state index >= 15 is 0 Å². The first-order chi connectivity index (χ1) is 16.9. The summed E-state index contributed by atoms with van der Waals surface area (Å²) in [4.78, 5) is 24.3. The number of hydrogen-bond donors (Lipinski definition) is 1. The summed E-state index contributed by atoms with van der Waals surface area (Å²) < 4.78 is 41.9. The van der Waals surface area contributed by atoms with E-state index in [-0.39, 0.29) is 32.1 Å². The molecule has 1 aromatic carbocycles. The summed E-state index contributed by atoms with van der Waals surface area (Å²) in [7, 11) is -3.95. The Labute approximate surface area is 215 Å². The molecule has 1 aliphatic rings. The Morgan fingerprint density at radius 3 is 2.28 bits per heavy atom. The Morgan fingerprint density at radius 1 is 1.11 bits per heavy atom. The van der Waals surface area contributed by atoms with Crippen molar-refractivity contribution in [3.05, 3.63) is 28.3 Å². The van der Waals surface area contributed by atoms with Gasteiger partial charge in [0.15, 0.2) is 0 Å². The van der Waals surface area contributed by atoms with Gasteiger partial charge in [0, 0.05) is 0 Å². The van der Waals surface area contributed by atoms with Gasteiger partial charge in [-0.3, -0.25) is 18.4 Å². The molecule has 0 fully saturated rings. The number of fused-ring (bicyclic) bond motifs is 1. The molecule has 204 valence electrons. The van der Waals surface area contributed by atoms with E-state index in [0.717, 1.165) is 29.5 Å². The van der Waals surface area contributed by atoms with E-state index in [9.17, 15) is 14.2 Å². The number of alkyl carbamates (subject to hydrolysis) is 1. The average molecular weight is 528 g/mol. The van der Waals surface area contributed by atoms with Gasteiger partial charge in [-0.2, -0.15) is 0 Å². The highest BCUT2D eigenvalue weighted by atomic mass is 31.2. The van der Waals surface area contributed by atoms with Crippen LogP contribution >= 0.6 is 7.82 Å². The van der Waals surface area contributed by atoms with Crippen molar-refractivity contribution in [1.29, 1.82) is 0 Å². The van der Waals surface area contributed by atoms with Gasteiger partial charge in [0.05, 0.1) is 26.2 Å². The first-order valence-electron chi connectivity index (χ1n) is 12.8. The molecule has 1 unspecified atom stereocenters. The monoisotopic (exact) mass is 527 g/mol. The Balaban J connectivity index is 2.41. The highest BCUT2D eigenvalue weighted by Crippen LogP contribution is 2.54. The molecule has 0 radical (unpaired) electrons. The van der Waals surface area contributed by atoms with Crippen LogP contribution in [0.1, 0.15) is 95.1 Å². The largest absolute Gasteiger partial charge is 0.475 e. The predicted molar refractivity (Wildman–Crippen MR) is 137 cm³/mol. The smallest absolute Gasteiger partial charge is 0.444 e. The van der Waals surface area contributed by atoms with Gasteiger partial charge in [-0.05, 0) is 82.2 Å². The van der Waals surface area contributed by atoms with Crippen molar-refractivity contribution in [1.82, 2.24) is 5.32 Å². The molecular weight excluding hydrogens is 485 g/mol. The molecule has 1 heterocycles. The molecule has 10 heteroatoms. The lowest BCUT2D eigenvalue weighted by atomic mass is 9.91. The van der Waals surface area contributed by atoms with Crippen molar-refractivity contribution in [2.45, 2.75) is 98.7 Å². The number of benzene rings is 1. The summed E-state index contributed by atoms with van der Waals surface area (Å²) in [5, 5.41) is 2.72. The molecule has 1 N–H and O–H groups in total. The normalized spacial score (nSPS) is 14.7. The fourth-order valence-corrected chi connectivity index (χ4v) is 5.15. The standard InChI is InChI=1S/C26H42NO8P/c1-8-10-14-31-36(30,32-15-11-9-2)35-22(17-27-25(29)34-26(5,6)7)21-16-18(3)24-20(19(21)4)12-13-23(28)33-24/h16,22H,8-15,17H2,1-7H3,(H,27,29). The number of unbranched alkanes of at least 4 members (excludes halogenated alkanes) is 2. The highest BCUT2D eigenvalue weighted by molar-refractivity contribution is 7.48. The second kappa shape index (κ2) is 13.6. The van der Waals surface area contributed by atoms with Gasteiger partial charge in [0.2, 0.25) is 0 Å². The van der Waals surface area contributed by atoms with Crippen molar-refractivity contribution in [3.8, 4) is 5.75 Å². The average Bonchev–Trinajstić information content (AvgIpc) is 2.78. The number of nitrogens with one attached hydrogen (secondary N) is 1. The van der Waals surface area contributed by atoms with Crippen molar-refractivity contribution in [2.24, 2.45) is 0 Å². The first-order valence-corrected chi connectivity index (χ1v) is 14.2. The van der Waals surface area contributed by atoms with Crippen molar-refractivity contribution >= 4 is 19.9 Å². The van der Waals surface area contributed by atoms with Crippen LogP contribution < -0.4 is 10.1 Å². The maximum Gasteiger partial charge on any atom is 0.475 e. The lowest BCUT2D eigenvalue weighted by Gasteiger charge is -2.29. The number of carbonyl (C=O) groups is 2. The summed E-state index contributed by atoms with van der Waals surface area (Å²) >= 11 is 0. The lowest BCUT2D eigenvalue weighted by molar-refractivity contribution is -0.135. The van der Waals surface area contributed by atoms with Gasteiger partial charge in [0.1, 0.15) is 17.5 Å². The second-order valence-electron chi connectivity index (χ2n) is 9.99. The number of amides is 1. The molecule has 1 amide bonds. The number of esters is 1. The number of hydrogen-bond acceptors (Lipinski definition) is 8. The van der Waals surface area contributed by atoms with Crippen LogP contribution in [0.15, 0.2) is 6.07 Å². The minimum atomic E-state index is -3.95. The van der Waals surface area contributed by atoms with Crippen LogP contribution in [0.25, 0.3) is 0 Å². The number of phosphoric ester groups is 1. The Bertz CT molecular complexity index is 942. The molecule has 1 aliphatic heterocycles. The van der Waals surface area contributed by atoms with Crippen molar-refractivity contribution in [3.63, 3.8) is 0 Å². The molecule has 1 aromatic rings. The second-order valence-corrected chi connectivity index (χ2v) is 11.6. The quantitative estimate of drug-likeness (QED) is 0.134. The molecule has 9 nitrogen and oxygen atoms in total. The number of rotatable bonds is 13. The summed E-state index contributed by atoms with van der Waals surface area (Å²) in [6.45, 7) is 13.5. The third-order valence-corrected chi connectivity index (χ3v) is 7.12. The summed E-state index contributed by atoms with van der Waals surface area (Å²) in [5.41, 5.74) is 2.51. The number of ether oxygens (including phenoxy) is 2. The van der Waals surface area contributed by atoms with E-state index in [1.165, 1.54) is 0 Å². The van der Waals surface area contributed by atoms with Crippen LogP contribution in [-0.2, 0) is 34.1 Å². The number of aryl methyl sites for hydroxylation is 1. The SMILES string of the molecule is CCCCOP(=O)(OCCCC)OC(CNC(=O)OC(C)(C)C)c1cc(C)c2c(c1C)CCC(=O)O2. The molecule has 0 saturated heterocycles. The molecule has 1 atom stereocenters. The zero-order valence-electron chi connectivity index (χ0n) is 22.7. The third kappa shape index (κ3) is 9.18. The summed E-state index contributed by atoms with van der Waals surface area (Å²) in [6, 6.07) is 1.83. The van der Waals surface area contributed by atoms with Crippen molar-refractivity contribution < 1.29 is 37.2 Å². The zero-order chi connectivity index (χ0) is 26.9. The van der Waals surface area contributed by atoms with Crippen LogP contribution in [0.4, 0.5) is 4.79 Å². The fraction of sp³-hybridized carbons (Fsp3) is 0.692. The van der Waals surface area contributed by atoms with Gasteiger partial charge in [0.25, 0.3) is 0 Å². The molecule has 0 aliphatic carbocycles. The van der Waals surface area contributed by atoms with Crippen molar-refractivity contribution in [2.75, 3.05) is 19.8 Å². The zero-order valence-corrected chi connectivity index (χ0v) is 23.6. The van der Waals surface area contributed by atoms with E-state index in [2.05, 4.69) is 5.32 Å². The lowest BCUT2D eigenvalue weighted by Crippen LogP contribution is -2.35. The summed E-state index contributed by atoms with van der Waals surface area (Å²) in [6.07, 6.45) is 2.46. The van der Waals surface area contributed by atoms with E-state index in [1.54, 1.807) is 20.8 Å². The molecule has 0 spiro atoms. The van der Waals surface area contributed by atoms with Crippen LogP contribution in [0.3, 0.4) is 0 Å². The molecular formula is C26H42NO8P. The van der Waals surface area contributed by atoms with Gasteiger partial charge >= 0.3 is 19.9 Å². The minimum Gasteiger partial charge on any atom is -0.444 e. The van der Waals surface area contributed by atoms with Gasteiger partial charge < -0.3 is 14.8 Å². The van der Waals surface area contributed by atoms with Gasteiger partial charge in [-0.15, -0.1) is 0 Å². The number of phosphoric acid groups is 1. The Hall–Kier alpha value is -1.93. The Morgan fingerprint density at radius 2 is 1.72 bits per heavy atom. The van der Waals surface area contributed by atoms with Crippen LogP contribution in [0.2, 0.25) is 0 Å². The number of carbonyl (C=O) groups excluding carboxylic acids is 2. The Kier molecular flexibility index (Phi) is 11.4. The van der Waals surface area contributed by atoms with Gasteiger partial charge in [-0.25, -0.2) is 9.36 Å². The van der Waals surface area contributed by atoms with Crippen LogP contribution in [0, 0.1) is 13.8 Å². The molecule has 2 rings (SSSR count). The van der Waals surface area contributed by atoms with E-state index in [1.807, 2.05) is 33.8 Å². The summed E-state index contributed by atoms with van der Waals surface area (Å²) in [5.74, 6) is 0.281. The molecule has 0 saturated carbocycles. The fourth-order valence-electron chi connectivity index (χ4n) is 3.75. The molecule has 0 aromatic heterocycles. The molecule has 0 bridgehead atoms. The van der Waals surface area contributed by atoms with Crippen LogP contribution in [-0.4, -0.2) is 37.4 Å². The predicted octanol–water partition coefficient (Wildman–Crippen LogP) is 6.48. The van der Waals surface area contributed by atoms with Gasteiger partial charge in [-0.1, -0.05) is 26.7 Å². The third-order valence-electron chi connectivity index (χ3n) is 5.61. The maximum atomic E-state index is 13.7.